The van der Waals surface area contributed by atoms with Crippen LogP contribution in [0.2, 0.25) is 0 Å². The van der Waals surface area contributed by atoms with Crippen LogP contribution >= 0.6 is 0 Å². The Kier molecular flexibility index (Phi) is 7.41. The topological polar surface area (TPSA) is 65.0 Å². The van der Waals surface area contributed by atoms with Gasteiger partial charge in [-0.2, -0.15) is 0 Å². The number of hydrogen-bond donors (Lipinski definition) is 1. The molecule has 0 amide bonds. The maximum Gasteiger partial charge on any atom is 0.303 e. The molecule has 0 radical (unpaired) electrons. The summed E-state index contributed by atoms with van der Waals surface area (Å²) in [5, 5.41) is 8.93. The second kappa shape index (κ2) is 10.5. The molecule has 0 saturated carbocycles. The van der Waals surface area contributed by atoms with Gasteiger partial charge in [-0.05, 0) is 76.9 Å². The molecule has 5 nitrogen and oxygen atoms in total. The molecule has 4 rings (SSSR count). The van der Waals surface area contributed by atoms with Gasteiger partial charge in [0, 0.05) is 18.6 Å². The van der Waals surface area contributed by atoms with Gasteiger partial charge in [-0.3, -0.25) is 4.79 Å². The average Bonchev–Trinajstić information content (AvgIpc) is 3.20. The van der Waals surface area contributed by atoms with Crippen LogP contribution in [-0.4, -0.2) is 24.8 Å². The lowest BCUT2D eigenvalue weighted by molar-refractivity contribution is -0.136. The number of carboxylic acids is 1. The minimum absolute atomic E-state index is 0.0757. The summed E-state index contributed by atoms with van der Waals surface area (Å²) in [5.74, 6) is 0.127. The third-order valence-corrected chi connectivity index (χ3v) is 6.53. The van der Waals surface area contributed by atoms with Crippen molar-refractivity contribution >= 4 is 5.97 Å². The van der Waals surface area contributed by atoms with Crippen molar-refractivity contribution in [2.75, 3.05) is 13.7 Å². The van der Waals surface area contributed by atoms with E-state index in [1.54, 1.807) is 19.2 Å². The highest BCUT2D eigenvalue weighted by atomic mass is 19.1. The Hall–Kier alpha value is -3.38. The average molecular weight is 479 g/mol. The number of hydrogen-bond acceptors (Lipinski definition) is 4. The zero-order valence-electron chi connectivity index (χ0n) is 20.3. The summed E-state index contributed by atoms with van der Waals surface area (Å²) in [4.78, 5) is 10.9. The van der Waals surface area contributed by atoms with Crippen molar-refractivity contribution in [2.24, 2.45) is 5.41 Å². The van der Waals surface area contributed by atoms with Gasteiger partial charge in [0.15, 0.2) is 0 Å². The van der Waals surface area contributed by atoms with E-state index < -0.39 is 5.97 Å². The molecule has 0 spiro atoms. The number of aliphatic carboxylic acids is 1. The maximum absolute atomic E-state index is 14.9. The molecule has 3 aromatic rings. The Labute approximate surface area is 205 Å². The van der Waals surface area contributed by atoms with Crippen LogP contribution in [0.5, 0.6) is 11.5 Å². The molecule has 1 fully saturated rings. The molecule has 184 valence electrons. The Bertz CT molecular complexity index is 1200. The molecule has 1 atom stereocenters. The summed E-state index contributed by atoms with van der Waals surface area (Å²) in [6.07, 6.45) is 1.27. The summed E-state index contributed by atoms with van der Waals surface area (Å²) in [6, 6.07) is 18.1. The highest BCUT2D eigenvalue weighted by Crippen LogP contribution is 2.48. The SMILES string of the molecule is COc1ccc(F)c(-c2ccc(COc3cccc(CCC(=O)O)c3)cc2C2OCCC2(C)C)c1. The van der Waals surface area contributed by atoms with Crippen molar-refractivity contribution in [1.82, 2.24) is 0 Å². The van der Waals surface area contributed by atoms with Gasteiger partial charge in [-0.15, -0.1) is 0 Å². The van der Waals surface area contributed by atoms with Crippen molar-refractivity contribution in [3.8, 4) is 22.6 Å². The monoisotopic (exact) mass is 478 g/mol. The molecule has 3 aromatic carbocycles. The van der Waals surface area contributed by atoms with Gasteiger partial charge in [0.2, 0.25) is 0 Å². The number of halogens is 1. The maximum atomic E-state index is 14.9. The van der Waals surface area contributed by atoms with Gasteiger partial charge >= 0.3 is 5.97 Å². The zero-order valence-corrected chi connectivity index (χ0v) is 20.3. The van der Waals surface area contributed by atoms with Crippen LogP contribution in [0.4, 0.5) is 4.39 Å². The van der Waals surface area contributed by atoms with E-state index in [2.05, 4.69) is 13.8 Å². The van der Waals surface area contributed by atoms with Gasteiger partial charge in [-0.1, -0.05) is 38.1 Å². The van der Waals surface area contributed by atoms with Crippen LogP contribution < -0.4 is 9.47 Å². The third-order valence-electron chi connectivity index (χ3n) is 6.53. The second-order valence-corrected chi connectivity index (χ2v) is 9.59. The van der Waals surface area contributed by atoms with E-state index in [9.17, 15) is 9.18 Å². The lowest BCUT2D eigenvalue weighted by Crippen LogP contribution is -2.17. The summed E-state index contributed by atoms with van der Waals surface area (Å²) in [6.45, 7) is 5.31. The molecular formula is C29H31FO5. The molecule has 1 saturated heterocycles. The predicted octanol–water partition coefficient (Wildman–Crippen LogP) is 6.59. The van der Waals surface area contributed by atoms with Gasteiger partial charge in [0.25, 0.3) is 0 Å². The molecule has 1 aliphatic rings. The van der Waals surface area contributed by atoms with Crippen molar-refractivity contribution in [3.05, 3.63) is 83.2 Å². The van der Waals surface area contributed by atoms with Crippen LogP contribution in [0.3, 0.4) is 0 Å². The summed E-state index contributed by atoms with van der Waals surface area (Å²) in [5.41, 5.74) is 3.94. The number of benzene rings is 3. The smallest absolute Gasteiger partial charge is 0.303 e. The summed E-state index contributed by atoms with van der Waals surface area (Å²) in [7, 11) is 1.57. The molecule has 1 aliphatic heterocycles. The van der Waals surface area contributed by atoms with Crippen LogP contribution in [-0.2, 0) is 22.6 Å². The fourth-order valence-electron chi connectivity index (χ4n) is 4.52. The van der Waals surface area contributed by atoms with Gasteiger partial charge in [-0.25, -0.2) is 4.39 Å². The standard InChI is InChI=1S/C29H31FO5/c1-29(2)13-14-34-28(29)25-16-20(7-10-23(25)24-17-21(33-3)9-11-26(24)30)18-35-22-6-4-5-19(15-22)8-12-27(31)32/h4-7,9-11,15-17,28H,8,12-14,18H2,1-3H3,(H,31,32). The van der Waals surface area contributed by atoms with Crippen molar-refractivity contribution in [1.29, 1.82) is 0 Å². The van der Waals surface area contributed by atoms with E-state index >= 15 is 0 Å². The number of carbonyl (C=O) groups is 1. The Morgan fingerprint density at radius 2 is 1.89 bits per heavy atom. The highest BCUT2D eigenvalue weighted by Gasteiger charge is 2.38. The van der Waals surface area contributed by atoms with Crippen LogP contribution in [0.25, 0.3) is 11.1 Å². The molecule has 0 aliphatic carbocycles. The van der Waals surface area contributed by atoms with E-state index in [1.807, 2.05) is 42.5 Å². The van der Waals surface area contributed by atoms with E-state index in [0.717, 1.165) is 28.7 Å². The van der Waals surface area contributed by atoms with Crippen molar-refractivity contribution in [3.63, 3.8) is 0 Å². The number of rotatable bonds is 9. The van der Waals surface area contributed by atoms with Gasteiger partial charge in [0.05, 0.1) is 13.2 Å². The summed E-state index contributed by atoms with van der Waals surface area (Å²) >= 11 is 0. The Balaban J connectivity index is 1.64. The summed E-state index contributed by atoms with van der Waals surface area (Å²) < 4.78 is 32.4. The number of carboxylic acid groups (broad SMARTS) is 1. The largest absolute Gasteiger partial charge is 0.497 e. The van der Waals surface area contributed by atoms with E-state index in [4.69, 9.17) is 19.3 Å². The minimum Gasteiger partial charge on any atom is -0.497 e. The molecule has 35 heavy (non-hydrogen) atoms. The minimum atomic E-state index is -0.825. The fourth-order valence-corrected chi connectivity index (χ4v) is 4.52. The lowest BCUT2D eigenvalue weighted by Gasteiger charge is -2.28. The van der Waals surface area contributed by atoms with Crippen LogP contribution in [0.15, 0.2) is 60.7 Å². The predicted molar refractivity (Wildman–Crippen MR) is 132 cm³/mol. The van der Waals surface area contributed by atoms with Crippen LogP contribution in [0.1, 0.15) is 49.5 Å². The first-order chi connectivity index (χ1) is 16.8. The Morgan fingerprint density at radius 3 is 2.60 bits per heavy atom. The highest BCUT2D eigenvalue weighted by molar-refractivity contribution is 5.71. The number of ether oxygens (including phenoxy) is 3. The van der Waals surface area contributed by atoms with E-state index in [1.165, 1.54) is 6.07 Å². The molecule has 1 unspecified atom stereocenters. The lowest BCUT2D eigenvalue weighted by atomic mass is 9.79. The van der Waals surface area contributed by atoms with Crippen molar-refractivity contribution < 1.29 is 28.5 Å². The quantitative estimate of drug-likeness (QED) is 0.376. The normalized spacial score (nSPS) is 16.7. The molecule has 0 aromatic heterocycles. The number of methoxy groups -OCH3 is 1. The zero-order chi connectivity index (χ0) is 25.0. The van der Waals surface area contributed by atoms with Gasteiger partial charge < -0.3 is 19.3 Å². The van der Waals surface area contributed by atoms with Crippen LogP contribution in [0, 0.1) is 11.2 Å². The number of aryl methyl sites for hydroxylation is 1. The van der Waals surface area contributed by atoms with Gasteiger partial charge in [0.1, 0.15) is 23.9 Å². The third kappa shape index (κ3) is 5.82. The molecular weight excluding hydrogens is 447 g/mol. The molecule has 1 heterocycles. The van der Waals surface area contributed by atoms with Crippen molar-refractivity contribution in [2.45, 2.75) is 45.8 Å². The Morgan fingerprint density at radius 1 is 1.06 bits per heavy atom. The fraction of sp³-hybridized carbons (Fsp3) is 0.345. The first-order valence-electron chi connectivity index (χ1n) is 11.8. The first kappa shape index (κ1) is 24.7. The molecule has 6 heteroatoms. The molecule has 1 N–H and O–H groups in total. The van der Waals surface area contributed by atoms with E-state index in [-0.39, 0.29) is 23.8 Å². The molecule has 0 bridgehead atoms. The first-order valence-corrected chi connectivity index (χ1v) is 11.8. The second-order valence-electron chi connectivity index (χ2n) is 9.59. The van der Waals surface area contributed by atoms with E-state index in [0.29, 0.717) is 36.7 Å².